The summed E-state index contributed by atoms with van der Waals surface area (Å²) in [6.45, 7) is 3.89. The molecular weight excluding hydrogens is 326 g/mol. The Labute approximate surface area is 153 Å². The lowest BCUT2D eigenvalue weighted by atomic mass is 10.2. The van der Waals surface area contributed by atoms with Crippen LogP contribution < -0.4 is 15.4 Å². The molecular formula is C21H21N3O2. The molecule has 2 N–H and O–H groups in total. The third-order valence-corrected chi connectivity index (χ3v) is 3.56. The maximum absolute atomic E-state index is 12.6. The minimum Gasteiger partial charge on any atom is -0.489 e. The second-order valence-electron chi connectivity index (χ2n) is 6.07. The van der Waals surface area contributed by atoms with Crippen LogP contribution in [0.15, 0.2) is 73.1 Å². The number of amides is 1. The standard InChI is InChI=1S/C21H21N3O2/c1-15(2)26-20-11-7-6-10-19(20)24-21(25)16-12-18(14-22-13-16)23-17-8-4-3-5-9-17/h3-15,23H,1-2H3,(H,24,25). The Morgan fingerprint density at radius 3 is 2.46 bits per heavy atom. The zero-order chi connectivity index (χ0) is 18.4. The van der Waals surface area contributed by atoms with Gasteiger partial charge in [0.2, 0.25) is 0 Å². The monoisotopic (exact) mass is 347 g/mol. The minimum absolute atomic E-state index is 0.0214. The lowest BCUT2D eigenvalue weighted by Gasteiger charge is -2.15. The molecule has 3 aromatic rings. The average molecular weight is 347 g/mol. The van der Waals surface area contributed by atoms with Gasteiger partial charge in [-0.15, -0.1) is 0 Å². The number of anilines is 3. The lowest BCUT2D eigenvalue weighted by molar-refractivity contribution is 0.102. The second-order valence-corrected chi connectivity index (χ2v) is 6.07. The largest absolute Gasteiger partial charge is 0.489 e. The molecule has 0 saturated heterocycles. The third kappa shape index (κ3) is 4.60. The Morgan fingerprint density at radius 1 is 0.962 bits per heavy atom. The normalized spacial score (nSPS) is 10.4. The van der Waals surface area contributed by atoms with Crippen LogP contribution in [0, 0.1) is 0 Å². The molecule has 0 fully saturated rings. The molecule has 2 aromatic carbocycles. The predicted molar refractivity (Wildman–Crippen MR) is 104 cm³/mol. The lowest BCUT2D eigenvalue weighted by Crippen LogP contribution is -2.15. The van der Waals surface area contributed by atoms with Gasteiger partial charge in [-0.25, -0.2) is 0 Å². The van der Waals surface area contributed by atoms with E-state index in [-0.39, 0.29) is 12.0 Å². The Kier molecular flexibility index (Phi) is 5.49. The SMILES string of the molecule is CC(C)Oc1ccccc1NC(=O)c1cncc(Nc2ccccc2)c1. The fraction of sp³-hybridized carbons (Fsp3) is 0.143. The maximum Gasteiger partial charge on any atom is 0.257 e. The van der Waals surface area contributed by atoms with Crippen molar-refractivity contribution in [2.45, 2.75) is 20.0 Å². The van der Waals surface area contributed by atoms with Crippen molar-refractivity contribution in [2.75, 3.05) is 10.6 Å². The Balaban J connectivity index is 1.76. The van der Waals surface area contributed by atoms with E-state index in [4.69, 9.17) is 4.74 Å². The van der Waals surface area contributed by atoms with Gasteiger partial charge < -0.3 is 15.4 Å². The van der Waals surface area contributed by atoms with E-state index in [2.05, 4.69) is 15.6 Å². The Morgan fingerprint density at radius 2 is 1.69 bits per heavy atom. The van der Waals surface area contributed by atoms with E-state index in [1.807, 2.05) is 68.4 Å². The molecule has 132 valence electrons. The number of aromatic nitrogens is 1. The zero-order valence-corrected chi connectivity index (χ0v) is 14.8. The topological polar surface area (TPSA) is 63.2 Å². The number of nitrogens with one attached hydrogen (secondary N) is 2. The van der Waals surface area contributed by atoms with E-state index in [0.717, 1.165) is 11.4 Å². The number of hydrogen-bond acceptors (Lipinski definition) is 4. The van der Waals surface area contributed by atoms with Crippen LogP contribution in [0.25, 0.3) is 0 Å². The summed E-state index contributed by atoms with van der Waals surface area (Å²) in [5.74, 6) is 0.399. The Hall–Kier alpha value is -3.34. The summed E-state index contributed by atoms with van der Waals surface area (Å²) >= 11 is 0. The summed E-state index contributed by atoms with van der Waals surface area (Å²) in [6.07, 6.45) is 3.24. The molecule has 0 saturated carbocycles. The average Bonchev–Trinajstić information content (AvgIpc) is 2.64. The zero-order valence-electron chi connectivity index (χ0n) is 14.8. The van der Waals surface area contributed by atoms with Gasteiger partial charge in [-0.3, -0.25) is 9.78 Å². The van der Waals surface area contributed by atoms with Gasteiger partial charge in [0.15, 0.2) is 0 Å². The van der Waals surface area contributed by atoms with Crippen LogP contribution in [0.3, 0.4) is 0 Å². The number of para-hydroxylation sites is 3. The highest BCUT2D eigenvalue weighted by Gasteiger charge is 2.11. The van der Waals surface area contributed by atoms with Crippen molar-refractivity contribution in [1.29, 1.82) is 0 Å². The van der Waals surface area contributed by atoms with E-state index in [9.17, 15) is 4.79 Å². The molecule has 1 heterocycles. The van der Waals surface area contributed by atoms with Crippen molar-refractivity contribution in [1.82, 2.24) is 4.98 Å². The number of benzene rings is 2. The van der Waals surface area contributed by atoms with Crippen LogP contribution in [0.2, 0.25) is 0 Å². The fourth-order valence-electron chi connectivity index (χ4n) is 2.44. The predicted octanol–water partition coefficient (Wildman–Crippen LogP) is 4.86. The van der Waals surface area contributed by atoms with E-state index >= 15 is 0 Å². The quantitative estimate of drug-likeness (QED) is 0.668. The summed E-state index contributed by atoms with van der Waals surface area (Å²) in [4.78, 5) is 16.8. The molecule has 0 bridgehead atoms. The third-order valence-electron chi connectivity index (χ3n) is 3.56. The minimum atomic E-state index is -0.242. The first-order chi connectivity index (χ1) is 12.6. The number of carbonyl (C=O) groups is 1. The van der Waals surface area contributed by atoms with Crippen LogP contribution >= 0.6 is 0 Å². The molecule has 0 aliphatic heterocycles. The number of pyridine rings is 1. The molecule has 5 nitrogen and oxygen atoms in total. The van der Waals surface area contributed by atoms with Crippen molar-refractivity contribution in [3.63, 3.8) is 0 Å². The van der Waals surface area contributed by atoms with Crippen LogP contribution in [-0.4, -0.2) is 17.0 Å². The van der Waals surface area contributed by atoms with E-state index < -0.39 is 0 Å². The fourth-order valence-corrected chi connectivity index (χ4v) is 2.44. The molecule has 5 heteroatoms. The van der Waals surface area contributed by atoms with Gasteiger partial charge in [0.1, 0.15) is 5.75 Å². The van der Waals surface area contributed by atoms with E-state index in [0.29, 0.717) is 17.0 Å². The number of rotatable bonds is 6. The van der Waals surface area contributed by atoms with Gasteiger partial charge in [0, 0.05) is 11.9 Å². The molecule has 26 heavy (non-hydrogen) atoms. The van der Waals surface area contributed by atoms with Crippen molar-refractivity contribution in [2.24, 2.45) is 0 Å². The summed E-state index contributed by atoms with van der Waals surface area (Å²) in [5.41, 5.74) is 2.77. The van der Waals surface area contributed by atoms with Gasteiger partial charge in [-0.05, 0) is 44.2 Å². The molecule has 0 atom stereocenters. The molecule has 3 rings (SSSR count). The van der Waals surface area contributed by atoms with Crippen LogP contribution in [0.4, 0.5) is 17.1 Å². The Bertz CT molecular complexity index is 879. The van der Waals surface area contributed by atoms with Gasteiger partial charge >= 0.3 is 0 Å². The highest BCUT2D eigenvalue weighted by molar-refractivity contribution is 6.05. The molecule has 0 aliphatic rings. The number of nitrogens with zero attached hydrogens (tertiary/aromatic N) is 1. The van der Waals surface area contributed by atoms with Gasteiger partial charge in [-0.2, -0.15) is 0 Å². The summed E-state index contributed by atoms with van der Waals surface area (Å²) in [6, 6.07) is 18.9. The van der Waals surface area contributed by atoms with Crippen LogP contribution in [-0.2, 0) is 0 Å². The number of hydrogen-bond donors (Lipinski definition) is 2. The van der Waals surface area contributed by atoms with E-state index in [1.165, 1.54) is 6.20 Å². The first-order valence-corrected chi connectivity index (χ1v) is 8.46. The van der Waals surface area contributed by atoms with Crippen molar-refractivity contribution >= 4 is 23.0 Å². The maximum atomic E-state index is 12.6. The van der Waals surface area contributed by atoms with Crippen LogP contribution in [0.5, 0.6) is 5.75 Å². The van der Waals surface area contributed by atoms with Gasteiger partial charge in [0.25, 0.3) is 5.91 Å². The highest BCUT2D eigenvalue weighted by Crippen LogP contribution is 2.25. The summed E-state index contributed by atoms with van der Waals surface area (Å²) in [7, 11) is 0. The smallest absolute Gasteiger partial charge is 0.257 e. The summed E-state index contributed by atoms with van der Waals surface area (Å²) < 4.78 is 5.74. The molecule has 0 aliphatic carbocycles. The van der Waals surface area contributed by atoms with Crippen molar-refractivity contribution < 1.29 is 9.53 Å². The molecule has 0 spiro atoms. The van der Waals surface area contributed by atoms with Crippen molar-refractivity contribution in [3.8, 4) is 5.75 Å². The molecule has 0 radical (unpaired) electrons. The van der Waals surface area contributed by atoms with Gasteiger partial charge in [0.05, 0.1) is 29.2 Å². The first-order valence-electron chi connectivity index (χ1n) is 8.46. The van der Waals surface area contributed by atoms with Crippen molar-refractivity contribution in [3.05, 3.63) is 78.6 Å². The first kappa shape index (κ1) is 17.5. The van der Waals surface area contributed by atoms with Crippen LogP contribution in [0.1, 0.15) is 24.2 Å². The summed E-state index contributed by atoms with van der Waals surface area (Å²) in [5, 5.41) is 6.12. The molecule has 1 amide bonds. The number of ether oxygens (including phenoxy) is 1. The number of carbonyl (C=O) groups excluding carboxylic acids is 1. The van der Waals surface area contributed by atoms with E-state index in [1.54, 1.807) is 12.3 Å². The highest BCUT2D eigenvalue weighted by atomic mass is 16.5. The molecule has 0 unspecified atom stereocenters. The van der Waals surface area contributed by atoms with Gasteiger partial charge in [-0.1, -0.05) is 30.3 Å². The second kappa shape index (κ2) is 8.16. The molecule has 1 aromatic heterocycles.